The molecule has 2 aliphatic heterocycles. The average molecular weight is 577 g/mol. The SMILES string of the molecule is C=CCOC(=O)Nc1nc(/C(=N/OC)C(=O)N[C@H]2CN3N(C2=O)C(C(C=C)C(=O)O)=C(CC(=O)O)C3(C)C)cs1. The number of anilines is 1. The molecule has 214 valence electrons. The number of ether oxygens (including phenoxy) is 1. The highest BCUT2D eigenvalue weighted by atomic mass is 32.1. The molecule has 0 radical (unpaired) electrons. The van der Waals surface area contributed by atoms with Crippen molar-refractivity contribution in [3.05, 3.63) is 47.7 Å². The number of carboxylic acids is 2. The smallest absolute Gasteiger partial charge is 0.413 e. The van der Waals surface area contributed by atoms with E-state index in [0.29, 0.717) is 0 Å². The summed E-state index contributed by atoms with van der Waals surface area (Å²) in [7, 11) is 1.21. The number of carbonyl (C=O) groups excluding carboxylic acids is 3. The lowest BCUT2D eigenvalue weighted by Crippen LogP contribution is -2.47. The van der Waals surface area contributed by atoms with E-state index in [4.69, 9.17) is 9.57 Å². The second-order valence-corrected chi connectivity index (χ2v) is 9.83. The second-order valence-electron chi connectivity index (χ2n) is 8.98. The molecule has 16 heteroatoms. The van der Waals surface area contributed by atoms with Crippen molar-refractivity contribution >= 4 is 52.0 Å². The number of hydrazine groups is 1. The summed E-state index contributed by atoms with van der Waals surface area (Å²) in [6.45, 7) is 10.2. The van der Waals surface area contributed by atoms with Gasteiger partial charge in [0.1, 0.15) is 31.4 Å². The molecule has 1 aromatic heterocycles. The fraction of sp³-hybridized carbons (Fsp3) is 0.375. The molecule has 2 atom stereocenters. The molecule has 4 N–H and O–H groups in total. The summed E-state index contributed by atoms with van der Waals surface area (Å²) < 4.78 is 4.83. The Morgan fingerprint density at radius 2 is 2.02 bits per heavy atom. The maximum absolute atomic E-state index is 13.5. The molecule has 40 heavy (non-hydrogen) atoms. The van der Waals surface area contributed by atoms with Crippen LogP contribution in [0.3, 0.4) is 0 Å². The fourth-order valence-electron chi connectivity index (χ4n) is 4.36. The van der Waals surface area contributed by atoms with Gasteiger partial charge >= 0.3 is 18.0 Å². The zero-order valence-corrected chi connectivity index (χ0v) is 22.7. The van der Waals surface area contributed by atoms with Gasteiger partial charge in [-0.05, 0) is 19.4 Å². The zero-order valence-electron chi connectivity index (χ0n) is 21.9. The lowest BCUT2D eigenvalue weighted by Gasteiger charge is -2.33. The maximum Gasteiger partial charge on any atom is 0.413 e. The predicted molar refractivity (Wildman–Crippen MR) is 141 cm³/mol. The van der Waals surface area contributed by atoms with E-state index in [1.807, 2.05) is 0 Å². The van der Waals surface area contributed by atoms with Crippen molar-refractivity contribution in [3.63, 3.8) is 0 Å². The number of nitrogens with zero attached hydrogens (tertiary/aromatic N) is 4. The Bertz CT molecular complexity index is 1320. The van der Waals surface area contributed by atoms with Gasteiger partial charge in [-0.2, -0.15) is 0 Å². The van der Waals surface area contributed by atoms with Crippen molar-refractivity contribution in [2.45, 2.75) is 31.8 Å². The van der Waals surface area contributed by atoms with Crippen LogP contribution in [0.2, 0.25) is 0 Å². The number of carbonyl (C=O) groups is 5. The van der Waals surface area contributed by atoms with Crippen molar-refractivity contribution in [1.82, 2.24) is 20.3 Å². The monoisotopic (exact) mass is 576 g/mol. The van der Waals surface area contributed by atoms with Gasteiger partial charge in [-0.3, -0.25) is 24.5 Å². The number of carboxylic acid groups (broad SMARTS) is 2. The van der Waals surface area contributed by atoms with Gasteiger partial charge in [0, 0.05) is 11.9 Å². The first-order valence-electron chi connectivity index (χ1n) is 11.7. The third kappa shape index (κ3) is 5.86. The highest BCUT2D eigenvalue weighted by Crippen LogP contribution is 2.45. The molecule has 2 aliphatic rings. The maximum atomic E-state index is 13.5. The van der Waals surface area contributed by atoms with Gasteiger partial charge in [-0.25, -0.2) is 19.8 Å². The Morgan fingerprint density at radius 3 is 2.60 bits per heavy atom. The summed E-state index contributed by atoms with van der Waals surface area (Å²) in [5, 5.41) is 32.1. The fourth-order valence-corrected chi connectivity index (χ4v) is 5.04. The van der Waals surface area contributed by atoms with Crippen LogP contribution < -0.4 is 10.6 Å². The van der Waals surface area contributed by atoms with Crippen LogP contribution in [-0.2, 0) is 28.8 Å². The lowest BCUT2D eigenvalue weighted by atomic mass is 9.86. The number of amides is 3. The normalized spacial score (nSPS) is 19.1. The van der Waals surface area contributed by atoms with Gasteiger partial charge in [-0.15, -0.1) is 17.9 Å². The molecule has 1 fully saturated rings. The summed E-state index contributed by atoms with van der Waals surface area (Å²) in [6.07, 6.45) is 1.22. The van der Waals surface area contributed by atoms with Crippen LogP contribution in [0.15, 0.2) is 47.1 Å². The Balaban J connectivity index is 1.87. The standard InChI is InChI=1S/C24H28N6O9S/c1-6-8-39-23(37)27-22-26-15(11-40-22)17(28-38-5)19(33)25-14-10-29-24(3,4)13(9-16(31)32)18(30(29)20(14)34)12(7-2)21(35)36/h6-7,11-12,14H,1-2,8-10H2,3-5H3,(H,25,33)(H,31,32)(H,35,36)(H,26,27,37)/b28-17-/t12?,14-/m0/s1. The van der Waals surface area contributed by atoms with Crippen molar-refractivity contribution in [2.24, 2.45) is 11.1 Å². The van der Waals surface area contributed by atoms with E-state index in [1.165, 1.54) is 23.6 Å². The molecule has 3 heterocycles. The molecule has 0 aliphatic carbocycles. The van der Waals surface area contributed by atoms with Crippen LogP contribution in [0.4, 0.5) is 9.93 Å². The van der Waals surface area contributed by atoms with Gasteiger partial charge in [0.15, 0.2) is 10.8 Å². The van der Waals surface area contributed by atoms with Crippen LogP contribution >= 0.6 is 11.3 Å². The Morgan fingerprint density at radius 1 is 1.32 bits per heavy atom. The highest BCUT2D eigenvalue weighted by Gasteiger charge is 2.56. The van der Waals surface area contributed by atoms with E-state index in [1.54, 1.807) is 13.8 Å². The van der Waals surface area contributed by atoms with Gasteiger partial charge in [0.25, 0.3) is 11.8 Å². The first-order chi connectivity index (χ1) is 18.9. The molecule has 0 saturated carbocycles. The number of hydrogen-bond donors (Lipinski definition) is 4. The van der Waals surface area contributed by atoms with Crippen LogP contribution in [-0.4, -0.2) is 92.6 Å². The largest absolute Gasteiger partial charge is 0.481 e. The van der Waals surface area contributed by atoms with Gasteiger partial charge < -0.3 is 25.1 Å². The zero-order chi connectivity index (χ0) is 29.8. The number of oxime groups is 1. The number of hydrogen-bond acceptors (Lipinski definition) is 11. The number of rotatable bonds is 12. The van der Waals surface area contributed by atoms with Gasteiger partial charge in [-0.1, -0.05) is 23.9 Å². The van der Waals surface area contributed by atoms with E-state index in [2.05, 4.69) is 33.9 Å². The molecule has 1 aromatic rings. The topological polar surface area (TPSA) is 200 Å². The number of thiazole rings is 1. The highest BCUT2D eigenvalue weighted by molar-refractivity contribution is 7.14. The Hall–Kier alpha value is -4.57. The number of aliphatic carboxylic acids is 2. The summed E-state index contributed by atoms with van der Waals surface area (Å²) in [5.41, 5.74) is -1.12. The van der Waals surface area contributed by atoms with Crippen LogP contribution in [0.25, 0.3) is 0 Å². The number of aromatic nitrogens is 1. The lowest BCUT2D eigenvalue weighted by molar-refractivity contribution is -0.143. The number of nitrogens with one attached hydrogen (secondary N) is 2. The van der Waals surface area contributed by atoms with E-state index in [0.717, 1.165) is 22.4 Å². The quantitative estimate of drug-likeness (QED) is 0.158. The Kier molecular flexibility index (Phi) is 9.06. The molecule has 0 bridgehead atoms. The van der Waals surface area contributed by atoms with Crippen LogP contribution in [0.1, 0.15) is 26.0 Å². The minimum Gasteiger partial charge on any atom is -0.481 e. The minimum atomic E-state index is -1.37. The van der Waals surface area contributed by atoms with Crippen LogP contribution in [0.5, 0.6) is 0 Å². The molecular formula is C24H28N6O9S. The third-order valence-corrected chi connectivity index (χ3v) is 6.90. The summed E-state index contributed by atoms with van der Waals surface area (Å²) >= 11 is 0.985. The van der Waals surface area contributed by atoms with E-state index in [-0.39, 0.29) is 41.0 Å². The summed E-state index contributed by atoms with van der Waals surface area (Å²) in [4.78, 5) is 71.0. The average Bonchev–Trinajstić information content (AvgIpc) is 3.52. The van der Waals surface area contributed by atoms with Gasteiger partial charge in [0.05, 0.1) is 17.7 Å². The summed E-state index contributed by atoms with van der Waals surface area (Å²) in [5.74, 6) is -5.39. The third-order valence-electron chi connectivity index (χ3n) is 6.14. The number of fused-ring (bicyclic) bond motifs is 1. The predicted octanol–water partition coefficient (Wildman–Crippen LogP) is 1.18. The molecule has 3 amide bonds. The molecule has 1 saturated heterocycles. The Labute approximate surface area is 232 Å². The molecule has 15 nitrogen and oxygen atoms in total. The van der Waals surface area contributed by atoms with Crippen molar-refractivity contribution in [3.8, 4) is 0 Å². The van der Waals surface area contributed by atoms with Crippen molar-refractivity contribution < 1.29 is 43.8 Å². The first kappa shape index (κ1) is 30.0. The van der Waals surface area contributed by atoms with E-state index >= 15 is 0 Å². The molecule has 0 spiro atoms. The van der Waals surface area contributed by atoms with Crippen molar-refractivity contribution in [1.29, 1.82) is 0 Å². The molecular weight excluding hydrogens is 548 g/mol. The summed E-state index contributed by atoms with van der Waals surface area (Å²) in [6, 6.07) is -1.15. The van der Waals surface area contributed by atoms with Gasteiger partial charge in [0.2, 0.25) is 0 Å². The second kappa shape index (κ2) is 12.1. The molecule has 1 unspecified atom stereocenters. The van der Waals surface area contributed by atoms with E-state index in [9.17, 15) is 34.2 Å². The molecule has 3 rings (SSSR count). The minimum absolute atomic E-state index is 0.0160. The first-order valence-corrected chi connectivity index (χ1v) is 12.6. The van der Waals surface area contributed by atoms with E-state index < -0.39 is 53.8 Å². The molecule has 0 aromatic carbocycles. The van der Waals surface area contributed by atoms with Crippen LogP contribution in [0, 0.1) is 5.92 Å². The van der Waals surface area contributed by atoms with Crippen molar-refractivity contribution in [2.75, 3.05) is 25.6 Å².